The number of urea groups is 1. The molecule has 0 heterocycles. The van der Waals surface area contributed by atoms with E-state index in [0.29, 0.717) is 0 Å². The van der Waals surface area contributed by atoms with Gasteiger partial charge in [-0.1, -0.05) is 42.5 Å². The Morgan fingerprint density at radius 1 is 1.18 bits per heavy atom. The third-order valence-corrected chi connectivity index (χ3v) is 2.51. The minimum Gasteiger partial charge on any atom is -0.350 e. The number of hydrogen-bond donors (Lipinski definition) is 2. The summed E-state index contributed by atoms with van der Waals surface area (Å²) in [6.45, 7) is 1.83. The number of hydrogen-bond acceptors (Lipinski definition) is 2. The Morgan fingerprint density at radius 3 is 2.65 bits per heavy atom. The summed E-state index contributed by atoms with van der Waals surface area (Å²) in [6.07, 6.45) is 0. The van der Waals surface area contributed by atoms with Crippen LogP contribution in [0.3, 0.4) is 0 Å². The predicted molar refractivity (Wildman–Crippen MR) is 68.9 cm³/mol. The summed E-state index contributed by atoms with van der Waals surface area (Å²) in [7, 11) is 0. The number of benzene rings is 2. The lowest BCUT2D eigenvalue weighted by atomic mass is 10.0. The molecule has 0 radical (unpaired) electrons. The van der Waals surface area contributed by atoms with Crippen molar-refractivity contribution in [2.75, 3.05) is 0 Å². The monoisotopic (exact) mass is 227 g/mol. The van der Waals surface area contributed by atoms with E-state index in [-0.39, 0.29) is 0 Å². The fourth-order valence-corrected chi connectivity index (χ4v) is 1.74. The highest BCUT2D eigenvalue weighted by molar-refractivity contribution is 6.09. The molecular weight excluding hydrogens is 214 g/mol. The van der Waals surface area contributed by atoms with Gasteiger partial charge in [0.1, 0.15) is 0 Å². The van der Waals surface area contributed by atoms with Crippen LogP contribution in [0.25, 0.3) is 10.8 Å². The number of nitrogens with zero attached hydrogens (tertiary/aromatic N) is 1. The summed E-state index contributed by atoms with van der Waals surface area (Å²) in [6, 6.07) is 13.3. The second-order valence-corrected chi connectivity index (χ2v) is 3.70. The summed E-state index contributed by atoms with van der Waals surface area (Å²) < 4.78 is 0. The lowest BCUT2D eigenvalue weighted by Gasteiger charge is -2.05. The standard InChI is InChI=1S/C13H13N3O/c1-9(15-16-13(14)17)11-8-4-6-10-5-2-3-7-12(10)11/h2-8H,1H3,(H3,14,16,17)/b15-9+. The molecule has 2 rings (SSSR count). The molecule has 17 heavy (non-hydrogen) atoms. The number of amides is 2. The summed E-state index contributed by atoms with van der Waals surface area (Å²) in [4.78, 5) is 10.6. The molecule has 0 atom stereocenters. The van der Waals surface area contributed by atoms with E-state index in [9.17, 15) is 4.79 Å². The molecule has 0 aromatic heterocycles. The minimum absolute atomic E-state index is 0.662. The lowest BCUT2D eigenvalue weighted by Crippen LogP contribution is -2.25. The maximum absolute atomic E-state index is 10.6. The molecule has 4 nitrogen and oxygen atoms in total. The number of nitrogens with two attached hydrogens (primary N) is 1. The highest BCUT2D eigenvalue weighted by atomic mass is 16.2. The third-order valence-electron chi connectivity index (χ3n) is 2.51. The smallest absolute Gasteiger partial charge is 0.332 e. The minimum atomic E-state index is -0.662. The molecule has 0 unspecified atom stereocenters. The van der Waals surface area contributed by atoms with Gasteiger partial charge in [0.15, 0.2) is 0 Å². The van der Waals surface area contributed by atoms with Gasteiger partial charge in [-0.05, 0) is 17.7 Å². The van der Waals surface area contributed by atoms with E-state index in [1.807, 2.05) is 49.4 Å². The van der Waals surface area contributed by atoms with Gasteiger partial charge in [-0.25, -0.2) is 10.2 Å². The molecule has 86 valence electrons. The van der Waals surface area contributed by atoms with Crippen LogP contribution >= 0.6 is 0 Å². The zero-order chi connectivity index (χ0) is 12.3. The van der Waals surface area contributed by atoms with Crippen molar-refractivity contribution in [3.8, 4) is 0 Å². The van der Waals surface area contributed by atoms with Crippen LogP contribution < -0.4 is 11.2 Å². The van der Waals surface area contributed by atoms with Crippen molar-refractivity contribution < 1.29 is 4.79 Å². The second kappa shape index (κ2) is 4.65. The van der Waals surface area contributed by atoms with Crippen LogP contribution in [-0.4, -0.2) is 11.7 Å². The molecule has 0 aliphatic carbocycles. The van der Waals surface area contributed by atoms with Gasteiger partial charge in [0.05, 0.1) is 5.71 Å². The first kappa shape index (κ1) is 11.1. The van der Waals surface area contributed by atoms with Crippen molar-refractivity contribution in [2.45, 2.75) is 6.92 Å². The molecule has 2 aromatic rings. The topological polar surface area (TPSA) is 67.5 Å². The highest BCUT2D eigenvalue weighted by Gasteiger charge is 2.03. The number of nitrogens with one attached hydrogen (secondary N) is 1. The van der Waals surface area contributed by atoms with E-state index >= 15 is 0 Å². The second-order valence-electron chi connectivity index (χ2n) is 3.70. The van der Waals surface area contributed by atoms with Crippen molar-refractivity contribution >= 4 is 22.5 Å². The fourth-order valence-electron chi connectivity index (χ4n) is 1.74. The average Bonchev–Trinajstić information content (AvgIpc) is 2.35. The van der Waals surface area contributed by atoms with Gasteiger partial charge < -0.3 is 5.73 Å². The van der Waals surface area contributed by atoms with Crippen LogP contribution in [0.2, 0.25) is 0 Å². The van der Waals surface area contributed by atoms with Crippen molar-refractivity contribution in [3.63, 3.8) is 0 Å². The van der Waals surface area contributed by atoms with Gasteiger partial charge in [-0.15, -0.1) is 0 Å². The Kier molecular flexibility index (Phi) is 3.05. The van der Waals surface area contributed by atoms with Gasteiger partial charge in [-0.3, -0.25) is 0 Å². The van der Waals surface area contributed by atoms with Crippen LogP contribution in [0.15, 0.2) is 47.6 Å². The number of fused-ring (bicyclic) bond motifs is 1. The lowest BCUT2D eigenvalue weighted by molar-refractivity contribution is 0.249. The Balaban J connectivity index is 2.48. The molecule has 0 saturated heterocycles. The Hall–Kier alpha value is -2.36. The highest BCUT2D eigenvalue weighted by Crippen LogP contribution is 2.18. The van der Waals surface area contributed by atoms with Crippen molar-refractivity contribution in [1.82, 2.24) is 5.43 Å². The van der Waals surface area contributed by atoms with E-state index in [2.05, 4.69) is 10.5 Å². The van der Waals surface area contributed by atoms with Crippen LogP contribution in [-0.2, 0) is 0 Å². The van der Waals surface area contributed by atoms with Crippen LogP contribution in [0, 0.1) is 0 Å². The summed E-state index contributed by atoms with van der Waals surface area (Å²) >= 11 is 0. The summed E-state index contributed by atoms with van der Waals surface area (Å²) in [5.41, 5.74) is 8.92. The van der Waals surface area contributed by atoms with Gasteiger partial charge in [-0.2, -0.15) is 5.10 Å². The first-order valence-corrected chi connectivity index (χ1v) is 5.26. The first-order valence-electron chi connectivity index (χ1n) is 5.26. The molecule has 0 saturated carbocycles. The molecule has 3 N–H and O–H groups in total. The maximum Gasteiger partial charge on any atom is 0.332 e. The van der Waals surface area contributed by atoms with E-state index in [1.54, 1.807) is 0 Å². The Bertz CT molecular complexity index is 585. The van der Waals surface area contributed by atoms with Crippen molar-refractivity contribution in [2.24, 2.45) is 10.8 Å². The van der Waals surface area contributed by atoms with Gasteiger partial charge in [0, 0.05) is 5.56 Å². The van der Waals surface area contributed by atoms with Gasteiger partial charge >= 0.3 is 6.03 Å². The summed E-state index contributed by atoms with van der Waals surface area (Å²) in [5.74, 6) is 0. The largest absolute Gasteiger partial charge is 0.350 e. The van der Waals surface area contributed by atoms with E-state index in [4.69, 9.17) is 5.73 Å². The molecule has 0 fully saturated rings. The predicted octanol–water partition coefficient (Wildman–Crippen LogP) is 2.23. The Morgan fingerprint density at radius 2 is 1.88 bits per heavy atom. The number of rotatable bonds is 2. The third kappa shape index (κ3) is 2.42. The molecule has 4 heteroatoms. The van der Waals surface area contributed by atoms with E-state index in [1.165, 1.54) is 0 Å². The van der Waals surface area contributed by atoms with E-state index < -0.39 is 6.03 Å². The zero-order valence-corrected chi connectivity index (χ0v) is 9.47. The molecule has 0 aliphatic heterocycles. The average molecular weight is 227 g/mol. The van der Waals surface area contributed by atoms with Crippen LogP contribution in [0.4, 0.5) is 4.79 Å². The van der Waals surface area contributed by atoms with Crippen LogP contribution in [0.5, 0.6) is 0 Å². The summed E-state index contributed by atoms with van der Waals surface area (Å²) in [5, 5.41) is 6.17. The number of carbonyl (C=O) groups is 1. The van der Waals surface area contributed by atoms with Gasteiger partial charge in [0.25, 0.3) is 0 Å². The molecule has 2 aromatic carbocycles. The molecule has 2 amide bonds. The zero-order valence-electron chi connectivity index (χ0n) is 9.47. The normalized spacial score (nSPS) is 11.5. The van der Waals surface area contributed by atoms with Crippen molar-refractivity contribution in [3.05, 3.63) is 48.0 Å². The number of hydrazone groups is 1. The first-order chi connectivity index (χ1) is 8.18. The maximum atomic E-state index is 10.6. The Labute approximate surface area is 99.1 Å². The molecular formula is C13H13N3O. The number of carbonyl (C=O) groups excluding carboxylic acids is 1. The molecule has 0 bridgehead atoms. The van der Waals surface area contributed by atoms with Crippen molar-refractivity contribution in [1.29, 1.82) is 0 Å². The van der Waals surface area contributed by atoms with E-state index in [0.717, 1.165) is 22.0 Å². The fraction of sp³-hybridized carbons (Fsp3) is 0.0769. The molecule has 0 spiro atoms. The quantitative estimate of drug-likeness (QED) is 0.599. The number of primary amides is 1. The SMILES string of the molecule is C/C(=N\NC(N)=O)c1cccc2ccccc12. The molecule has 0 aliphatic rings. The van der Waals surface area contributed by atoms with Gasteiger partial charge in [0.2, 0.25) is 0 Å². The van der Waals surface area contributed by atoms with Crippen LogP contribution in [0.1, 0.15) is 12.5 Å².